The van der Waals surface area contributed by atoms with Crippen LogP contribution in [0.25, 0.3) is 0 Å². The molecule has 0 saturated heterocycles. The van der Waals surface area contributed by atoms with Gasteiger partial charge in [0.05, 0.1) is 10.9 Å². The van der Waals surface area contributed by atoms with Gasteiger partial charge in [0, 0.05) is 11.4 Å². The Morgan fingerprint density at radius 2 is 2.27 bits per heavy atom. The summed E-state index contributed by atoms with van der Waals surface area (Å²) in [5.74, 6) is -1.56. The first-order valence-electron chi connectivity index (χ1n) is 4.24. The Labute approximate surface area is 99.8 Å². The number of carbonyl (C=O) groups excluding carboxylic acids is 2. The number of hydrogen-bond donors (Lipinski definition) is 1. The number of hydrogen-bond acceptors (Lipinski definition) is 4. The summed E-state index contributed by atoms with van der Waals surface area (Å²) in [6, 6.07) is 3.92. The Bertz CT molecular complexity index is 364. The van der Waals surface area contributed by atoms with E-state index in [4.69, 9.17) is 0 Å². The molecule has 0 bridgehead atoms. The molecule has 1 heterocycles. The van der Waals surface area contributed by atoms with Gasteiger partial charge in [0.25, 0.3) is 0 Å². The van der Waals surface area contributed by atoms with Gasteiger partial charge in [-0.15, -0.1) is 11.3 Å². The van der Waals surface area contributed by atoms with Crippen LogP contribution in [0.2, 0.25) is 0 Å². The maximum absolute atomic E-state index is 11.0. The summed E-state index contributed by atoms with van der Waals surface area (Å²) in [4.78, 5) is 22.8. The summed E-state index contributed by atoms with van der Waals surface area (Å²) in [6.07, 6.45) is 0.707. The quantitative estimate of drug-likeness (QED) is 0.675. The first-order valence-corrected chi connectivity index (χ1v) is 5.85. The molecule has 0 fully saturated rings. The van der Waals surface area contributed by atoms with E-state index >= 15 is 0 Å². The van der Waals surface area contributed by atoms with Crippen molar-refractivity contribution in [1.82, 2.24) is 5.32 Å². The van der Waals surface area contributed by atoms with Crippen LogP contribution in [-0.4, -0.2) is 25.5 Å². The molecular weight excluding hydrogens is 282 g/mol. The number of amides is 1. The van der Waals surface area contributed by atoms with Crippen molar-refractivity contribution in [2.24, 2.45) is 0 Å². The molecule has 1 amide bonds. The highest BCUT2D eigenvalue weighted by molar-refractivity contribution is 9.11. The standard InChI is InChI=1S/C9H10BrNO3S/c1-14-9(13)8(12)11-5-4-6-2-3-7(10)15-6/h2-3H,4-5H2,1H3,(H,11,12). The van der Waals surface area contributed by atoms with Crippen molar-refractivity contribution < 1.29 is 14.3 Å². The molecule has 0 aromatic carbocycles. The summed E-state index contributed by atoms with van der Waals surface area (Å²) in [6.45, 7) is 0.431. The van der Waals surface area contributed by atoms with Crippen LogP contribution in [0.3, 0.4) is 0 Å². The lowest BCUT2D eigenvalue weighted by atomic mass is 10.3. The van der Waals surface area contributed by atoms with Crippen LogP contribution in [0.15, 0.2) is 15.9 Å². The van der Waals surface area contributed by atoms with E-state index in [2.05, 4.69) is 26.0 Å². The van der Waals surface area contributed by atoms with E-state index in [1.54, 1.807) is 11.3 Å². The first-order chi connectivity index (χ1) is 7.13. The van der Waals surface area contributed by atoms with Gasteiger partial charge in [-0.1, -0.05) is 0 Å². The highest BCUT2D eigenvalue weighted by Crippen LogP contribution is 2.21. The molecule has 1 aromatic heterocycles. The van der Waals surface area contributed by atoms with Gasteiger partial charge in [-0.2, -0.15) is 0 Å². The van der Waals surface area contributed by atoms with Crippen molar-refractivity contribution in [3.05, 3.63) is 20.8 Å². The number of esters is 1. The molecule has 0 aliphatic carbocycles. The molecule has 0 spiro atoms. The summed E-state index contributed by atoms with van der Waals surface area (Å²) >= 11 is 4.95. The van der Waals surface area contributed by atoms with Crippen molar-refractivity contribution >= 4 is 39.1 Å². The fraction of sp³-hybridized carbons (Fsp3) is 0.333. The van der Waals surface area contributed by atoms with Crippen molar-refractivity contribution in [3.8, 4) is 0 Å². The number of rotatable bonds is 3. The molecule has 0 unspecified atom stereocenters. The second-order valence-corrected chi connectivity index (χ2v) is 5.25. The van der Waals surface area contributed by atoms with Gasteiger partial charge in [0.2, 0.25) is 0 Å². The second kappa shape index (κ2) is 5.87. The van der Waals surface area contributed by atoms with E-state index in [-0.39, 0.29) is 0 Å². The lowest BCUT2D eigenvalue weighted by Gasteiger charge is -2.01. The molecule has 0 aliphatic rings. The number of halogens is 1. The molecule has 4 nitrogen and oxygen atoms in total. The Morgan fingerprint density at radius 1 is 1.53 bits per heavy atom. The van der Waals surface area contributed by atoms with Gasteiger partial charge in [-0.25, -0.2) is 4.79 Å². The van der Waals surface area contributed by atoms with Crippen molar-refractivity contribution in [2.75, 3.05) is 13.7 Å². The van der Waals surface area contributed by atoms with Crippen LogP contribution in [0.1, 0.15) is 4.88 Å². The minimum Gasteiger partial charge on any atom is -0.462 e. The van der Waals surface area contributed by atoms with Crippen LogP contribution in [0.4, 0.5) is 0 Å². The van der Waals surface area contributed by atoms with Gasteiger partial charge in [-0.05, 0) is 34.5 Å². The molecule has 0 saturated carbocycles. The van der Waals surface area contributed by atoms with E-state index in [1.165, 1.54) is 7.11 Å². The van der Waals surface area contributed by atoms with Crippen LogP contribution < -0.4 is 5.32 Å². The Hall–Kier alpha value is -0.880. The van der Waals surface area contributed by atoms with Crippen LogP contribution in [0, 0.1) is 0 Å². The zero-order chi connectivity index (χ0) is 11.3. The number of nitrogens with one attached hydrogen (secondary N) is 1. The second-order valence-electron chi connectivity index (χ2n) is 2.70. The third-order valence-electron chi connectivity index (χ3n) is 1.66. The largest absolute Gasteiger partial charge is 0.462 e. The zero-order valence-electron chi connectivity index (χ0n) is 8.08. The van der Waals surface area contributed by atoms with E-state index in [0.717, 1.165) is 8.66 Å². The zero-order valence-corrected chi connectivity index (χ0v) is 10.5. The van der Waals surface area contributed by atoms with Crippen molar-refractivity contribution in [3.63, 3.8) is 0 Å². The minimum atomic E-state index is -0.859. The number of methoxy groups -OCH3 is 1. The molecule has 1 N–H and O–H groups in total. The molecule has 15 heavy (non-hydrogen) atoms. The Kier molecular flexibility index (Phi) is 4.77. The average Bonchev–Trinajstić information content (AvgIpc) is 2.63. The van der Waals surface area contributed by atoms with Gasteiger partial charge in [-0.3, -0.25) is 4.79 Å². The van der Waals surface area contributed by atoms with Crippen molar-refractivity contribution in [1.29, 1.82) is 0 Å². The Morgan fingerprint density at radius 3 is 2.80 bits per heavy atom. The van der Waals surface area contributed by atoms with Gasteiger partial charge in [0.1, 0.15) is 0 Å². The normalized spacial score (nSPS) is 9.73. The molecule has 1 aromatic rings. The predicted molar refractivity (Wildman–Crippen MR) is 60.7 cm³/mol. The lowest BCUT2D eigenvalue weighted by Crippen LogP contribution is -2.33. The fourth-order valence-corrected chi connectivity index (χ4v) is 2.43. The van der Waals surface area contributed by atoms with Crippen LogP contribution >= 0.6 is 27.3 Å². The third-order valence-corrected chi connectivity index (χ3v) is 3.34. The maximum Gasteiger partial charge on any atom is 0.396 e. The average molecular weight is 292 g/mol. The van der Waals surface area contributed by atoms with Crippen molar-refractivity contribution in [2.45, 2.75) is 6.42 Å². The monoisotopic (exact) mass is 291 g/mol. The molecule has 82 valence electrons. The number of thiophene rings is 1. The highest BCUT2D eigenvalue weighted by Gasteiger charge is 2.12. The third kappa shape index (κ3) is 4.01. The summed E-state index contributed by atoms with van der Waals surface area (Å²) in [5.41, 5.74) is 0. The number of carbonyl (C=O) groups is 2. The molecule has 1 rings (SSSR count). The number of ether oxygens (including phenoxy) is 1. The molecule has 0 aliphatic heterocycles. The predicted octanol–water partition coefficient (Wildman–Crippen LogP) is 1.34. The minimum absolute atomic E-state index is 0.431. The molecule has 0 radical (unpaired) electrons. The van der Waals surface area contributed by atoms with E-state index in [9.17, 15) is 9.59 Å². The first kappa shape index (κ1) is 12.2. The maximum atomic E-state index is 11.0. The van der Waals surface area contributed by atoms with E-state index in [1.807, 2.05) is 12.1 Å². The van der Waals surface area contributed by atoms with E-state index in [0.29, 0.717) is 13.0 Å². The molecule has 0 atom stereocenters. The smallest absolute Gasteiger partial charge is 0.396 e. The highest BCUT2D eigenvalue weighted by atomic mass is 79.9. The van der Waals surface area contributed by atoms with Gasteiger partial charge < -0.3 is 10.1 Å². The van der Waals surface area contributed by atoms with E-state index < -0.39 is 11.9 Å². The molecule has 6 heteroatoms. The Balaban J connectivity index is 2.27. The summed E-state index contributed by atoms with van der Waals surface area (Å²) < 4.78 is 5.32. The summed E-state index contributed by atoms with van der Waals surface area (Å²) in [7, 11) is 1.18. The van der Waals surface area contributed by atoms with Gasteiger partial charge >= 0.3 is 11.9 Å². The SMILES string of the molecule is COC(=O)C(=O)NCCc1ccc(Br)s1. The van der Waals surface area contributed by atoms with Gasteiger partial charge in [0.15, 0.2) is 0 Å². The topological polar surface area (TPSA) is 55.4 Å². The van der Waals surface area contributed by atoms with Crippen LogP contribution in [-0.2, 0) is 20.7 Å². The fourth-order valence-electron chi connectivity index (χ4n) is 0.950. The lowest BCUT2D eigenvalue weighted by molar-refractivity contribution is -0.152. The summed E-state index contributed by atoms with van der Waals surface area (Å²) in [5, 5.41) is 2.47. The molecular formula is C9H10BrNO3S. The van der Waals surface area contributed by atoms with Crippen LogP contribution in [0.5, 0.6) is 0 Å².